The largest absolute Gasteiger partial charge is 0.291 e. The number of halogens is 1. The van der Waals surface area contributed by atoms with E-state index >= 15 is 0 Å². The SMILES string of the molecule is CC(C)C(C(=O)NNC(C)(C)C)c1ccc(Cl)cc1. The van der Waals surface area contributed by atoms with E-state index in [0.717, 1.165) is 5.56 Å². The first kappa shape index (κ1) is 16.0. The molecule has 106 valence electrons. The average molecular weight is 283 g/mol. The molecule has 0 spiro atoms. The summed E-state index contributed by atoms with van der Waals surface area (Å²) in [5.41, 5.74) is 6.63. The van der Waals surface area contributed by atoms with E-state index in [1.54, 1.807) is 0 Å². The number of amides is 1. The van der Waals surface area contributed by atoms with Crippen LogP contribution in [-0.2, 0) is 4.79 Å². The van der Waals surface area contributed by atoms with Crippen molar-refractivity contribution >= 4 is 17.5 Å². The Morgan fingerprint density at radius 1 is 1.16 bits per heavy atom. The van der Waals surface area contributed by atoms with E-state index in [2.05, 4.69) is 10.9 Å². The molecule has 0 radical (unpaired) electrons. The summed E-state index contributed by atoms with van der Waals surface area (Å²) < 4.78 is 0. The lowest BCUT2D eigenvalue weighted by molar-refractivity contribution is -0.125. The zero-order chi connectivity index (χ0) is 14.6. The van der Waals surface area contributed by atoms with Crippen LogP contribution in [0.4, 0.5) is 0 Å². The Morgan fingerprint density at radius 2 is 1.68 bits per heavy atom. The van der Waals surface area contributed by atoms with Crippen LogP contribution in [0, 0.1) is 5.92 Å². The van der Waals surface area contributed by atoms with Crippen LogP contribution in [0.3, 0.4) is 0 Å². The number of rotatable bonds is 4. The lowest BCUT2D eigenvalue weighted by Crippen LogP contribution is -2.50. The van der Waals surface area contributed by atoms with Crippen molar-refractivity contribution in [1.29, 1.82) is 0 Å². The van der Waals surface area contributed by atoms with Crippen molar-refractivity contribution in [1.82, 2.24) is 10.9 Å². The Hall–Kier alpha value is -1.06. The molecule has 0 aromatic heterocycles. The van der Waals surface area contributed by atoms with Crippen molar-refractivity contribution in [3.8, 4) is 0 Å². The van der Waals surface area contributed by atoms with Crippen molar-refractivity contribution in [2.45, 2.75) is 46.1 Å². The normalized spacial score (nSPS) is 13.4. The topological polar surface area (TPSA) is 41.1 Å². The van der Waals surface area contributed by atoms with Gasteiger partial charge in [0, 0.05) is 10.6 Å². The molecule has 1 atom stereocenters. The van der Waals surface area contributed by atoms with Gasteiger partial charge in [-0.3, -0.25) is 10.2 Å². The number of hydrogen-bond acceptors (Lipinski definition) is 2. The molecule has 2 N–H and O–H groups in total. The lowest BCUT2D eigenvalue weighted by Gasteiger charge is -2.25. The van der Waals surface area contributed by atoms with E-state index in [1.165, 1.54) is 0 Å². The number of hydrogen-bond donors (Lipinski definition) is 2. The zero-order valence-corrected chi connectivity index (χ0v) is 13.0. The highest BCUT2D eigenvalue weighted by Gasteiger charge is 2.25. The fourth-order valence-corrected chi connectivity index (χ4v) is 1.96. The molecule has 0 heterocycles. The van der Waals surface area contributed by atoms with E-state index < -0.39 is 0 Å². The maximum absolute atomic E-state index is 12.3. The van der Waals surface area contributed by atoms with Gasteiger partial charge < -0.3 is 0 Å². The summed E-state index contributed by atoms with van der Waals surface area (Å²) in [5.74, 6) is 0.00214. The van der Waals surface area contributed by atoms with E-state index in [1.807, 2.05) is 58.9 Å². The summed E-state index contributed by atoms with van der Waals surface area (Å²) >= 11 is 5.88. The van der Waals surface area contributed by atoms with Crippen molar-refractivity contribution < 1.29 is 4.79 Å². The fourth-order valence-electron chi connectivity index (χ4n) is 1.84. The molecular weight excluding hydrogens is 260 g/mol. The van der Waals surface area contributed by atoms with Gasteiger partial charge in [0.25, 0.3) is 0 Å². The molecule has 0 aliphatic heterocycles. The van der Waals surface area contributed by atoms with Gasteiger partial charge in [0.2, 0.25) is 5.91 Å². The monoisotopic (exact) mass is 282 g/mol. The molecule has 1 rings (SSSR count). The van der Waals surface area contributed by atoms with Gasteiger partial charge in [-0.1, -0.05) is 37.6 Å². The van der Waals surface area contributed by atoms with Gasteiger partial charge >= 0.3 is 0 Å². The highest BCUT2D eigenvalue weighted by atomic mass is 35.5. The third-order valence-corrected chi connectivity index (χ3v) is 2.99. The van der Waals surface area contributed by atoms with Crippen molar-refractivity contribution in [2.75, 3.05) is 0 Å². The third kappa shape index (κ3) is 5.21. The standard InChI is InChI=1S/C15H23ClN2O/c1-10(2)13(11-6-8-12(16)9-7-11)14(19)17-18-15(3,4)5/h6-10,13,18H,1-5H3,(H,17,19). The number of hydrazine groups is 1. The third-order valence-electron chi connectivity index (χ3n) is 2.74. The molecule has 1 aromatic carbocycles. The first-order chi connectivity index (χ1) is 8.70. The summed E-state index contributed by atoms with van der Waals surface area (Å²) in [6.07, 6.45) is 0. The maximum Gasteiger partial charge on any atom is 0.241 e. The number of carbonyl (C=O) groups excluding carboxylic acids is 1. The smallest absolute Gasteiger partial charge is 0.241 e. The summed E-state index contributed by atoms with van der Waals surface area (Å²) in [7, 11) is 0. The Morgan fingerprint density at radius 3 is 2.11 bits per heavy atom. The molecule has 4 heteroatoms. The average Bonchev–Trinajstić information content (AvgIpc) is 2.28. The predicted molar refractivity (Wildman–Crippen MR) is 80.1 cm³/mol. The molecule has 0 saturated carbocycles. The Balaban J connectivity index is 2.83. The van der Waals surface area contributed by atoms with Crippen LogP contribution in [0.5, 0.6) is 0 Å². The maximum atomic E-state index is 12.3. The van der Waals surface area contributed by atoms with E-state index in [-0.39, 0.29) is 23.3 Å². The van der Waals surface area contributed by atoms with Crippen LogP contribution in [0.25, 0.3) is 0 Å². The molecule has 0 saturated heterocycles. The van der Waals surface area contributed by atoms with Crippen LogP contribution in [0.2, 0.25) is 5.02 Å². The molecule has 1 unspecified atom stereocenters. The molecule has 0 aliphatic carbocycles. The molecule has 19 heavy (non-hydrogen) atoms. The van der Waals surface area contributed by atoms with Gasteiger partial charge in [-0.2, -0.15) is 0 Å². The Kier molecular flexibility index (Phi) is 5.39. The molecule has 1 aromatic rings. The second-order valence-corrected chi connectivity index (χ2v) is 6.57. The Bertz CT molecular complexity index is 421. The van der Waals surface area contributed by atoms with Crippen molar-refractivity contribution in [3.63, 3.8) is 0 Å². The lowest BCUT2D eigenvalue weighted by atomic mass is 9.88. The first-order valence-electron chi connectivity index (χ1n) is 6.53. The van der Waals surface area contributed by atoms with Crippen LogP contribution in [-0.4, -0.2) is 11.4 Å². The molecular formula is C15H23ClN2O. The minimum atomic E-state index is -0.188. The summed E-state index contributed by atoms with van der Waals surface area (Å²) in [6.45, 7) is 10.1. The molecule has 0 aliphatic rings. The summed E-state index contributed by atoms with van der Waals surface area (Å²) in [6, 6.07) is 7.45. The van der Waals surface area contributed by atoms with Gasteiger partial charge in [0.15, 0.2) is 0 Å². The quantitative estimate of drug-likeness (QED) is 0.830. The van der Waals surface area contributed by atoms with Crippen LogP contribution in [0.1, 0.15) is 46.1 Å². The summed E-state index contributed by atoms with van der Waals surface area (Å²) in [5, 5.41) is 0.680. The second-order valence-electron chi connectivity index (χ2n) is 6.14. The van der Waals surface area contributed by atoms with E-state index in [0.29, 0.717) is 5.02 Å². The minimum Gasteiger partial charge on any atom is -0.291 e. The fraction of sp³-hybridized carbons (Fsp3) is 0.533. The van der Waals surface area contributed by atoms with E-state index in [9.17, 15) is 4.79 Å². The molecule has 0 fully saturated rings. The van der Waals surface area contributed by atoms with Gasteiger partial charge in [-0.15, -0.1) is 0 Å². The summed E-state index contributed by atoms with van der Waals surface area (Å²) in [4.78, 5) is 12.3. The highest BCUT2D eigenvalue weighted by Crippen LogP contribution is 2.25. The molecule has 0 bridgehead atoms. The Labute approximate surface area is 120 Å². The number of carbonyl (C=O) groups is 1. The van der Waals surface area contributed by atoms with Crippen LogP contribution < -0.4 is 10.9 Å². The molecule has 1 amide bonds. The van der Waals surface area contributed by atoms with Crippen molar-refractivity contribution in [2.24, 2.45) is 5.92 Å². The van der Waals surface area contributed by atoms with Crippen LogP contribution >= 0.6 is 11.6 Å². The van der Waals surface area contributed by atoms with Gasteiger partial charge in [0.1, 0.15) is 0 Å². The van der Waals surface area contributed by atoms with E-state index in [4.69, 9.17) is 11.6 Å². The second kappa shape index (κ2) is 6.40. The zero-order valence-electron chi connectivity index (χ0n) is 12.3. The highest BCUT2D eigenvalue weighted by molar-refractivity contribution is 6.30. The predicted octanol–water partition coefficient (Wildman–Crippen LogP) is 3.50. The van der Waals surface area contributed by atoms with Crippen LogP contribution in [0.15, 0.2) is 24.3 Å². The molecule has 3 nitrogen and oxygen atoms in total. The van der Waals surface area contributed by atoms with Crippen molar-refractivity contribution in [3.05, 3.63) is 34.9 Å². The van der Waals surface area contributed by atoms with Gasteiger partial charge in [-0.05, 0) is 44.4 Å². The first-order valence-corrected chi connectivity index (χ1v) is 6.91. The number of benzene rings is 1. The minimum absolute atomic E-state index is 0.0211. The van der Waals surface area contributed by atoms with Gasteiger partial charge in [0.05, 0.1) is 5.92 Å². The van der Waals surface area contributed by atoms with Gasteiger partial charge in [-0.25, -0.2) is 5.43 Å². The number of nitrogens with one attached hydrogen (secondary N) is 2.